The summed E-state index contributed by atoms with van der Waals surface area (Å²) in [6, 6.07) is 9.45. The standard InChI is InChI=1S/C16H17N3O/c17-15-3-1-2-11-10-12(4-5-14(11)15)16(20)19-13-6-8-18-9-7-13/h4-10,15H,1-3,17H2,(H,18,19,20)/t15-/m1/s1. The lowest BCUT2D eigenvalue weighted by molar-refractivity contribution is 0.102. The molecule has 1 aromatic carbocycles. The van der Waals surface area contributed by atoms with Crippen LogP contribution < -0.4 is 11.1 Å². The van der Waals surface area contributed by atoms with E-state index in [1.807, 2.05) is 18.2 Å². The molecule has 0 spiro atoms. The first-order chi connectivity index (χ1) is 9.74. The highest BCUT2D eigenvalue weighted by Gasteiger charge is 2.18. The third-order valence-electron chi connectivity index (χ3n) is 3.70. The Morgan fingerprint density at radius 2 is 2.05 bits per heavy atom. The lowest BCUT2D eigenvalue weighted by atomic mass is 9.87. The normalized spacial score (nSPS) is 17.4. The van der Waals surface area contributed by atoms with Crippen LogP contribution in [-0.4, -0.2) is 10.9 Å². The minimum atomic E-state index is -0.0989. The van der Waals surface area contributed by atoms with Crippen LogP contribution in [0.3, 0.4) is 0 Å². The quantitative estimate of drug-likeness (QED) is 0.879. The molecule has 4 nitrogen and oxygen atoms in total. The fraction of sp³-hybridized carbons (Fsp3) is 0.250. The number of nitrogens with zero attached hydrogens (tertiary/aromatic N) is 1. The van der Waals surface area contributed by atoms with Crippen LogP contribution in [0.4, 0.5) is 5.69 Å². The molecule has 3 N–H and O–H groups in total. The predicted molar refractivity (Wildman–Crippen MR) is 78.5 cm³/mol. The Morgan fingerprint density at radius 1 is 1.25 bits per heavy atom. The van der Waals surface area contributed by atoms with Gasteiger partial charge in [0.15, 0.2) is 0 Å². The average molecular weight is 267 g/mol. The van der Waals surface area contributed by atoms with Gasteiger partial charge >= 0.3 is 0 Å². The van der Waals surface area contributed by atoms with Crippen molar-refractivity contribution in [3.05, 3.63) is 59.4 Å². The zero-order valence-electron chi connectivity index (χ0n) is 11.2. The Hall–Kier alpha value is -2.20. The molecule has 3 rings (SSSR count). The third kappa shape index (κ3) is 2.56. The number of aromatic nitrogens is 1. The average Bonchev–Trinajstić information content (AvgIpc) is 2.48. The summed E-state index contributed by atoms with van der Waals surface area (Å²) in [7, 11) is 0. The molecule has 0 saturated heterocycles. The van der Waals surface area contributed by atoms with Crippen molar-refractivity contribution in [1.29, 1.82) is 0 Å². The Bertz CT molecular complexity index is 625. The maximum absolute atomic E-state index is 12.2. The van der Waals surface area contributed by atoms with Crippen LogP contribution in [0.15, 0.2) is 42.7 Å². The highest BCUT2D eigenvalue weighted by molar-refractivity contribution is 6.04. The Morgan fingerprint density at radius 3 is 2.85 bits per heavy atom. The molecule has 0 aliphatic heterocycles. The van der Waals surface area contributed by atoms with E-state index in [2.05, 4.69) is 10.3 Å². The zero-order chi connectivity index (χ0) is 13.9. The SMILES string of the molecule is N[C@@H]1CCCc2cc(C(=O)Nc3ccncc3)ccc21. The summed E-state index contributed by atoms with van der Waals surface area (Å²) in [5, 5.41) is 2.87. The van der Waals surface area contributed by atoms with E-state index < -0.39 is 0 Å². The number of carbonyl (C=O) groups is 1. The number of carbonyl (C=O) groups excluding carboxylic acids is 1. The lowest BCUT2D eigenvalue weighted by Gasteiger charge is -2.22. The molecule has 0 radical (unpaired) electrons. The number of amides is 1. The Balaban J connectivity index is 1.82. The molecule has 1 aromatic heterocycles. The van der Waals surface area contributed by atoms with Crippen molar-refractivity contribution in [2.75, 3.05) is 5.32 Å². The van der Waals surface area contributed by atoms with Gasteiger partial charge in [0.2, 0.25) is 0 Å². The van der Waals surface area contributed by atoms with Crippen molar-refractivity contribution in [3.63, 3.8) is 0 Å². The van der Waals surface area contributed by atoms with E-state index >= 15 is 0 Å². The smallest absolute Gasteiger partial charge is 0.255 e. The van der Waals surface area contributed by atoms with Crippen molar-refractivity contribution in [2.24, 2.45) is 5.73 Å². The number of fused-ring (bicyclic) bond motifs is 1. The van der Waals surface area contributed by atoms with Gasteiger partial charge in [0.1, 0.15) is 0 Å². The van der Waals surface area contributed by atoms with Crippen molar-refractivity contribution >= 4 is 11.6 Å². The maximum Gasteiger partial charge on any atom is 0.255 e. The molecule has 0 saturated carbocycles. The molecular weight excluding hydrogens is 250 g/mol. The van der Waals surface area contributed by atoms with Crippen LogP contribution in [0.5, 0.6) is 0 Å². The van der Waals surface area contributed by atoms with E-state index in [4.69, 9.17) is 5.73 Å². The minimum absolute atomic E-state index is 0.0989. The van der Waals surface area contributed by atoms with Gasteiger partial charge in [-0.05, 0) is 54.7 Å². The van der Waals surface area contributed by atoms with Gasteiger partial charge in [0.05, 0.1) is 0 Å². The van der Waals surface area contributed by atoms with Crippen LogP contribution in [0.1, 0.15) is 40.4 Å². The number of pyridine rings is 1. The molecule has 1 aliphatic carbocycles. The van der Waals surface area contributed by atoms with Crippen LogP contribution >= 0.6 is 0 Å². The summed E-state index contributed by atoms with van der Waals surface area (Å²) in [6.07, 6.45) is 6.42. The molecule has 4 heteroatoms. The molecule has 102 valence electrons. The minimum Gasteiger partial charge on any atom is -0.324 e. The van der Waals surface area contributed by atoms with Crippen molar-refractivity contribution in [3.8, 4) is 0 Å². The number of nitrogens with two attached hydrogens (primary N) is 1. The molecule has 0 bridgehead atoms. The molecule has 1 heterocycles. The first kappa shape index (κ1) is 12.8. The number of hydrogen-bond donors (Lipinski definition) is 2. The first-order valence-corrected chi connectivity index (χ1v) is 6.84. The van der Waals surface area contributed by atoms with Crippen LogP contribution in [0.2, 0.25) is 0 Å². The van der Waals surface area contributed by atoms with E-state index in [0.717, 1.165) is 24.9 Å². The molecule has 1 aliphatic rings. The maximum atomic E-state index is 12.2. The van der Waals surface area contributed by atoms with E-state index in [1.165, 1.54) is 11.1 Å². The van der Waals surface area contributed by atoms with Gasteiger partial charge in [-0.3, -0.25) is 9.78 Å². The van der Waals surface area contributed by atoms with Gasteiger partial charge in [-0.15, -0.1) is 0 Å². The summed E-state index contributed by atoms with van der Waals surface area (Å²) in [5.74, 6) is -0.0989. The van der Waals surface area contributed by atoms with Gasteiger partial charge in [0.25, 0.3) is 5.91 Å². The van der Waals surface area contributed by atoms with Crippen molar-refractivity contribution in [2.45, 2.75) is 25.3 Å². The summed E-state index contributed by atoms with van der Waals surface area (Å²) in [6.45, 7) is 0. The molecule has 20 heavy (non-hydrogen) atoms. The van der Waals surface area contributed by atoms with Gasteiger partial charge in [-0.1, -0.05) is 6.07 Å². The topological polar surface area (TPSA) is 68.0 Å². The third-order valence-corrected chi connectivity index (χ3v) is 3.70. The molecule has 1 atom stereocenters. The largest absolute Gasteiger partial charge is 0.324 e. The highest BCUT2D eigenvalue weighted by atomic mass is 16.1. The van der Waals surface area contributed by atoms with Crippen LogP contribution in [0, 0.1) is 0 Å². The van der Waals surface area contributed by atoms with Crippen LogP contribution in [0.25, 0.3) is 0 Å². The second-order valence-corrected chi connectivity index (χ2v) is 5.10. The van der Waals surface area contributed by atoms with Crippen molar-refractivity contribution in [1.82, 2.24) is 4.98 Å². The molecule has 1 amide bonds. The lowest BCUT2D eigenvalue weighted by Crippen LogP contribution is -2.19. The summed E-state index contributed by atoms with van der Waals surface area (Å²) >= 11 is 0. The van der Waals surface area contributed by atoms with E-state index in [-0.39, 0.29) is 11.9 Å². The van der Waals surface area contributed by atoms with Gasteiger partial charge in [0, 0.05) is 29.7 Å². The first-order valence-electron chi connectivity index (χ1n) is 6.84. The number of benzene rings is 1. The van der Waals surface area contributed by atoms with Gasteiger partial charge < -0.3 is 11.1 Å². The monoisotopic (exact) mass is 267 g/mol. The Labute approximate surface area is 118 Å². The second kappa shape index (κ2) is 5.43. The highest BCUT2D eigenvalue weighted by Crippen LogP contribution is 2.28. The number of aryl methyl sites for hydroxylation is 1. The van der Waals surface area contributed by atoms with Crippen molar-refractivity contribution < 1.29 is 4.79 Å². The van der Waals surface area contributed by atoms with Gasteiger partial charge in [-0.25, -0.2) is 0 Å². The summed E-state index contributed by atoms with van der Waals surface area (Å²) in [4.78, 5) is 16.1. The van der Waals surface area contributed by atoms with Gasteiger partial charge in [-0.2, -0.15) is 0 Å². The number of nitrogens with one attached hydrogen (secondary N) is 1. The number of rotatable bonds is 2. The van der Waals surface area contributed by atoms with Crippen LogP contribution in [-0.2, 0) is 6.42 Å². The molecule has 0 unspecified atom stereocenters. The number of hydrogen-bond acceptors (Lipinski definition) is 3. The second-order valence-electron chi connectivity index (χ2n) is 5.10. The number of anilines is 1. The predicted octanol–water partition coefficient (Wildman–Crippen LogP) is 2.67. The van der Waals surface area contributed by atoms with E-state index in [0.29, 0.717) is 5.56 Å². The molecule has 2 aromatic rings. The summed E-state index contributed by atoms with van der Waals surface area (Å²) < 4.78 is 0. The fourth-order valence-corrected chi connectivity index (χ4v) is 2.63. The summed E-state index contributed by atoms with van der Waals surface area (Å²) in [5.41, 5.74) is 9.89. The molecule has 0 fully saturated rings. The molecular formula is C16H17N3O. The Kier molecular flexibility index (Phi) is 3.48. The fourth-order valence-electron chi connectivity index (χ4n) is 2.63. The van der Waals surface area contributed by atoms with E-state index in [1.54, 1.807) is 24.5 Å². The van der Waals surface area contributed by atoms with E-state index in [9.17, 15) is 4.79 Å². The zero-order valence-corrected chi connectivity index (χ0v) is 11.2.